The molecule has 1 aliphatic heterocycles. The Labute approximate surface area is 201 Å². The molecule has 2 atom stereocenters. The Morgan fingerprint density at radius 1 is 1.06 bits per heavy atom. The standard InChI is InChI=1S/C27H23ClN4O2/c28-19-8-6-17(7-9-19)25-21-11-10-20(14-23(21)30-31-25)32-24(34)15-22(27(12-13-27)29-16-33)26(32)18-4-2-1-3-5-18/h1-11,14,16,22,26H,12-13,15H2,(H,29,33)(H,30,31)/t22-,26-/m0/s1. The van der Waals surface area contributed by atoms with Gasteiger partial charge in [0.25, 0.3) is 0 Å². The third kappa shape index (κ3) is 3.37. The number of hydrogen-bond donors (Lipinski definition) is 2. The van der Waals surface area contributed by atoms with Crippen molar-refractivity contribution in [3.05, 3.63) is 83.4 Å². The summed E-state index contributed by atoms with van der Waals surface area (Å²) in [6, 6.07) is 23.5. The maximum atomic E-state index is 13.4. The molecule has 0 unspecified atom stereocenters. The molecule has 6 nitrogen and oxygen atoms in total. The lowest BCUT2D eigenvalue weighted by molar-refractivity contribution is -0.118. The van der Waals surface area contributed by atoms with Crippen LogP contribution in [0.1, 0.15) is 30.9 Å². The number of rotatable bonds is 6. The van der Waals surface area contributed by atoms with Gasteiger partial charge in [0, 0.05) is 39.5 Å². The van der Waals surface area contributed by atoms with Crippen molar-refractivity contribution in [3.63, 3.8) is 0 Å². The first kappa shape index (κ1) is 20.9. The summed E-state index contributed by atoms with van der Waals surface area (Å²) in [4.78, 5) is 26.7. The second kappa shape index (κ2) is 7.99. The Kier molecular flexibility index (Phi) is 4.92. The lowest BCUT2D eigenvalue weighted by Crippen LogP contribution is -2.41. The first-order valence-corrected chi connectivity index (χ1v) is 11.8. The molecule has 3 aromatic carbocycles. The van der Waals surface area contributed by atoms with Crippen LogP contribution in [-0.2, 0) is 9.59 Å². The monoisotopic (exact) mass is 470 g/mol. The highest BCUT2D eigenvalue weighted by atomic mass is 35.5. The van der Waals surface area contributed by atoms with Gasteiger partial charge >= 0.3 is 0 Å². The molecule has 1 aromatic heterocycles. The second-order valence-corrected chi connectivity index (χ2v) is 9.59. The number of nitrogens with zero attached hydrogens (tertiary/aromatic N) is 2. The second-order valence-electron chi connectivity index (χ2n) is 9.16. The number of halogens is 1. The number of anilines is 1. The lowest BCUT2D eigenvalue weighted by atomic mass is 9.85. The van der Waals surface area contributed by atoms with E-state index in [1.165, 1.54) is 0 Å². The Balaban J connectivity index is 1.42. The summed E-state index contributed by atoms with van der Waals surface area (Å²) < 4.78 is 0. The highest BCUT2D eigenvalue weighted by Gasteiger charge is 2.58. The van der Waals surface area contributed by atoms with Crippen LogP contribution >= 0.6 is 11.6 Å². The summed E-state index contributed by atoms with van der Waals surface area (Å²) in [6.07, 6.45) is 2.96. The molecule has 170 valence electrons. The topological polar surface area (TPSA) is 78.1 Å². The molecule has 0 radical (unpaired) electrons. The molecule has 2 N–H and O–H groups in total. The average Bonchev–Trinajstić information content (AvgIpc) is 3.37. The molecule has 2 aliphatic rings. The predicted molar refractivity (Wildman–Crippen MR) is 132 cm³/mol. The van der Waals surface area contributed by atoms with E-state index in [-0.39, 0.29) is 23.4 Å². The molecule has 1 saturated carbocycles. The summed E-state index contributed by atoms with van der Waals surface area (Å²) in [5.41, 5.74) is 4.25. The number of nitrogens with one attached hydrogen (secondary N) is 2. The summed E-state index contributed by atoms with van der Waals surface area (Å²) in [5.74, 6) is 0.0734. The Morgan fingerprint density at radius 3 is 2.53 bits per heavy atom. The van der Waals surface area contributed by atoms with Gasteiger partial charge in [-0.15, -0.1) is 0 Å². The van der Waals surface area contributed by atoms with Crippen LogP contribution in [0.25, 0.3) is 22.2 Å². The van der Waals surface area contributed by atoms with Crippen molar-refractivity contribution < 1.29 is 9.59 Å². The van der Waals surface area contributed by atoms with Crippen molar-refractivity contribution in [2.45, 2.75) is 30.8 Å². The van der Waals surface area contributed by atoms with Crippen LogP contribution in [0.4, 0.5) is 5.69 Å². The number of H-pyrrole nitrogens is 1. The zero-order valence-electron chi connectivity index (χ0n) is 18.4. The van der Waals surface area contributed by atoms with Crippen molar-refractivity contribution in [1.29, 1.82) is 0 Å². The van der Waals surface area contributed by atoms with Crippen LogP contribution in [0.15, 0.2) is 72.8 Å². The van der Waals surface area contributed by atoms with Crippen LogP contribution in [0.3, 0.4) is 0 Å². The average molecular weight is 471 g/mol. The number of aromatic amines is 1. The van der Waals surface area contributed by atoms with E-state index in [9.17, 15) is 9.59 Å². The Hall–Kier alpha value is -3.64. The number of amides is 2. The molecular formula is C27H23ClN4O2. The molecule has 4 aromatic rings. The minimum absolute atomic E-state index is 0.00897. The van der Waals surface area contributed by atoms with Crippen molar-refractivity contribution >= 4 is 40.5 Å². The molecule has 6 rings (SSSR count). The largest absolute Gasteiger partial charge is 0.353 e. The SMILES string of the molecule is O=CNC1([C@H]2CC(=O)N(c3ccc4c(-c5ccc(Cl)cc5)n[nH]c4c3)[C@H]2c2ccccc2)CC1. The van der Waals surface area contributed by atoms with Crippen LogP contribution in [-0.4, -0.2) is 28.1 Å². The quantitative estimate of drug-likeness (QED) is 0.377. The van der Waals surface area contributed by atoms with E-state index in [4.69, 9.17) is 11.6 Å². The minimum Gasteiger partial charge on any atom is -0.353 e. The van der Waals surface area contributed by atoms with E-state index in [1.807, 2.05) is 65.6 Å². The van der Waals surface area contributed by atoms with E-state index in [1.54, 1.807) is 0 Å². The van der Waals surface area contributed by atoms with Crippen LogP contribution in [0.5, 0.6) is 0 Å². The third-order valence-corrected chi connectivity index (χ3v) is 7.50. The molecule has 1 aliphatic carbocycles. The molecule has 0 spiro atoms. The highest BCUT2D eigenvalue weighted by Crippen LogP contribution is 2.54. The van der Waals surface area contributed by atoms with E-state index in [2.05, 4.69) is 27.6 Å². The van der Waals surface area contributed by atoms with Gasteiger partial charge in [-0.3, -0.25) is 14.7 Å². The summed E-state index contributed by atoms with van der Waals surface area (Å²) in [7, 11) is 0. The fourth-order valence-corrected chi connectivity index (χ4v) is 5.55. The normalized spacial score (nSPS) is 21.1. The lowest BCUT2D eigenvalue weighted by Gasteiger charge is -2.33. The molecule has 7 heteroatoms. The van der Waals surface area contributed by atoms with Crippen molar-refractivity contribution in [2.24, 2.45) is 5.92 Å². The summed E-state index contributed by atoms with van der Waals surface area (Å²) in [6.45, 7) is 0. The van der Waals surface area contributed by atoms with Gasteiger partial charge in [-0.2, -0.15) is 5.10 Å². The number of fused-ring (bicyclic) bond motifs is 1. The fraction of sp³-hybridized carbons (Fsp3) is 0.222. The smallest absolute Gasteiger partial charge is 0.228 e. The highest BCUT2D eigenvalue weighted by molar-refractivity contribution is 6.30. The fourth-order valence-electron chi connectivity index (χ4n) is 5.43. The van der Waals surface area contributed by atoms with Gasteiger partial charge in [-0.25, -0.2) is 0 Å². The van der Waals surface area contributed by atoms with Gasteiger partial charge in [0.2, 0.25) is 12.3 Å². The van der Waals surface area contributed by atoms with Gasteiger partial charge < -0.3 is 10.2 Å². The molecule has 0 bridgehead atoms. The first-order valence-electron chi connectivity index (χ1n) is 11.4. The zero-order valence-corrected chi connectivity index (χ0v) is 19.1. The number of hydrogen-bond acceptors (Lipinski definition) is 3. The van der Waals surface area contributed by atoms with Gasteiger partial charge in [0.15, 0.2) is 0 Å². The van der Waals surface area contributed by atoms with E-state index >= 15 is 0 Å². The molecule has 2 heterocycles. The summed E-state index contributed by atoms with van der Waals surface area (Å²) in [5, 5.41) is 12.4. The van der Waals surface area contributed by atoms with Gasteiger partial charge in [0.05, 0.1) is 17.3 Å². The number of aromatic nitrogens is 2. The first-order chi connectivity index (χ1) is 16.6. The van der Waals surface area contributed by atoms with Crippen LogP contribution in [0.2, 0.25) is 5.02 Å². The van der Waals surface area contributed by atoms with Gasteiger partial charge in [-0.05, 0) is 48.7 Å². The minimum atomic E-state index is -0.313. The molecule has 1 saturated heterocycles. The number of carbonyl (C=O) groups is 2. The van der Waals surface area contributed by atoms with Crippen LogP contribution in [0, 0.1) is 5.92 Å². The van der Waals surface area contributed by atoms with Gasteiger partial charge in [0.1, 0.15) is 0 Å². The molecular weight excluding hydrogens is 448 g/mol. The van der Waals surface area contributed by atoms with Crippen molar-refractivity contribution in [1.82, 2.24) is 15.5 Å². The Morgan fingerprint density at radius 2 is 1.82 bits per heavy atom. The van der Waals surface area contributed by atoms with E-state index < -0.39 is 0 Å². The molecule has 2 amide bonds. The number of carbonyl (C=O) groups excluding carboxylic acids is 2. The predicted octanol–water partition coefficient (Wildman–Crippen LogP) is 5.26. The van der Waals surface area contributed by atoms with Crippen LogP contribution < -0.4 is 10.2 Å². The summed E-state index contributed by atoms with van der Waals surface area (Å²) >= 11 is 6.04. The van der Waals surface area contributed by atoms with Crippen molar-refractivity contribution in [3.8, 4) is 11.3 Å². The van der Waals surface area contributed by atoms with Gasteiger partial charge in [-0.1, -0.05) is 54.1 Å². The molecule has 34 heavy (non-hydrogen) atoms. The maximum Gasteiger partial charge on any atom is 0.228 e. The van der Waals surface area contributed by atoms with E-state index in [0.717, 1.165) is 52.7 Å². The maximum absolute atomic E-state index is 13.4. The molecule has 2 fully saturated rings. The third-order valence-electron chi connectivity index (χ3n) is 7.25. The Bertz CT molecular complexity index is 1380. The number of benzene rings is 3. The zero-order chi connectivity index (χ0) is 23.3. The van der Waals surface area contributed by atoms with Crippen molar-refractivity contribution in [2.75, 3.05) is 4.90 Å². The van der Waals surface area contributed by atoms with E-state index in [0.29, 0.717) is 11.4 Å².